The van der Waals surface area contributed by atoms with Gasteiger partial charge in [0, 0.05) is 19.0 Å². The highest BCUT2D eigenvalue weighted by Gasteiger charge is 2.51. The number of amides is 1. The minimum Gasteiger partial charge on any atom is -0.466 e. The van der Waals surface area contributed by atoms with E-state index in [0.29, 0.717) is 18.4 Å². The van der Waals surface area contributed by atoms with Gasteiger partial charge in [0.05, 0.1) is 7.11 Å². The molecule has 1 N–H and O–H groups in total. The molecule has 0 aromatic heterocycles. The Morgan fingerprint density at radius 2 is 1.67 bits per heavy atom. The van der Waals surface area contributed by atoms with Crippen molar-refractivity contribution in [2.45, 2.75) is 51.5 Å². The van der Waals surface area contributed by atoms with Gasteiger partial charge in [-0.3, -0.25) is 4.79 Å². The number of hydrogen-bond acceptors (Lipinski definition) is 3. The first-order chi connectivity index (χ1) is 13.0. The van der Waals surface area contributed by atoms with Crippen LogP contribution in [0.2, 0.25) is 0 Å². The molecule has 4 heteroatoms. The van der Waals surface area contributed by atoms with Crippen molar-refractivity contribution < 1.29 is 14.3 Å². The maximum Gasteiger partial charge on any atom is 0.330 e. The molecule has 1 aromatic rings. The molecule has 0 radical (unpaired) electrons. The fourth-order valence-corrected chi connectivity index (χ4v) is 6.09. The van der Waals surface area contributed by atoms with E-state index in [9.17, 15) is 9.59 Å². The zero-order valence-electron chi connectivity index (χ0n) is 16.1. The number of hydrogen-bond donors (Lipinski definition) is 1. The molecule has 0 saturated heterocycles. The maximum absolute atomic E-state index is 12.6. The minimum absolute atomic E-state index is 0.201. The van der Waals surface area contributed by atoms with Crippen molar-refractivity contribution in [1.82, 2.24) is 5.32 Å². The fourth-order valence-electron chi connectivity index (χ4n) is 6.09. The van der Waals surface area contributed by atoms with Crippen molar-refractivity contribution in [2.24, 2.45) is 23.2 Å². The predicted octanol–water partition coefficient (Wildman–Crippen LogP) is 4.10. The predicted molar refractivity (Wildman–Crippen MR) is 105 cm³/mol. The third kappa shape index (κ3) is 4.26. The van der Waals surface area contributed by atoms with E-state index in [1.165, 1.54) is 51.7 Å². The van der Waals surface area contributed by atoms with Crippen LogP contribution in [0, 0.1) is 23.2 Å². The topological polar surface area (TPSA) is 55.4 Å². The van der Waals surface area contributed by atoms with Gasteiger partial charge in [0.25, 0.3) is 0 Å². The van der Waals surface area contributed by atoms with Gasteiger partial charge >= 0.3 is 5.97 Å². The van der Waals surface area contributed by atoms with Crippen LogP contribution in [0.1, 0.15) is 56.1 Å². The molecule has 4 aliphatic rings. The second kappa shape index (κ2) is 7.49. The van der Waals surface area contributed by atoms with Gasteiger partial charge in [0.2, 0.25) is 5.91 Å². The smallest absolute Gasteiger partial charge is 0.330 e. The first-order valence-corrected chi connectivity index (χ1v) is 10.2. The van der Waals surface area contributed by atoms with Crippen molar-refractivity contribution >= 4 is 18.0 Å². The summed E-state index contributed by atoms with van der Waals surface area (Å²) < 4.78 is 4.59. The molecule has 4 saturated carbocycles. The Balaban J connectivity index is 1.28. The Morgan fingerprint density at radius 1 is 1.07 bits per heavy atom. The van der Waals surface area contributed by atoms with Gasteiger partial charge in [-0.2, -0.15) is 0 Å². The lowest BCUT2D eigenvalue weighted by Crippen LogP contribution is -2.47. The van der Waals surface area contributed by atoms with Gasteiger partial charge in [0.1, 0.15) is 0 Å². The lowest BCUT2D eigenvalue weighted by atomic mass is 9.49. The molecule has 1 aromatic carbocycles. The number of nitrogens with one attached hydrogen (secondary N) is 1. The summed E-state index contributed by atoms with van der Waals surface area (Å²) in [5.74, 6) is 2.49. The highest BCUT2D eigenvalue weighted by Crippen LogP contribution is 2.61. The molecule has 4 nitrogen and oxygen atoms in total. The summed E-state index contributed by atoms with van der Waals surface area (Å²) in [5, 5.41) is 3.12. The van der Waals surface area contributed by atoms with Crippen LogP contribution in [-0.2, 0) is 20.9 Å². The van der Waals surface area contributed by atoms with E-state index in [2.05, 4.69) is 10.1 Å². The van der Waals surface area contributed by atoms with Crippen molar-refractivity contribution in [1.29, 1.82) is 0 Å². The lowest BCUT2D eigenvalue weighted by molar-refractivity contribution is -0.134. The molecule has 144 valence electrons. The summed E-state index contributed by atoms with van der Waals surface area (Å²) in [4.78, 5) is 23.7. The number of carbonyl (C=O) groups excluding carboxylic acids is 2. The van der Waals surface area contributed by atoms with E-state index in [1.54, 1.807) is 6.08 Å². The third-order valence-corrected chi connectivity index (χ3v) is 6.78. The number of carbonyl (C=O) groups is 2. The second-order valence-electron chi connectivity index (χ2n) is 8.97. The summed E-state index contributed by atoms with van der Waals surface area (Å²) in [6, 6.07) is 7.87. The SMILES string of the molecule is COC(=O)/C=C/c1ccc(CNC(=O)CC23CC4CC(CC(C4)C2)C3)cc1. The van der Waals surface area contributed by atoms with Crippen LogP contribution in [0.25, 0.3) is 6.08 Å². The number of methoxy groups -OCH3 is 1. The quantitative estimate of drug-likeness (QED) is 0.608. The molecule has 4 bridgehead atoms. The Kier molecular flexibility index (Phi) is 5.07. The Bertz CT molecular complexity index is 699. The largest absolute Gasteiger partial charge is 0.466 e. The molecule has 5 rings (SSSR count). The summed E-state index contributed by atoms with van der Waals surface area (Å²) in [7, 11) is 1.36. The number of benzene rings is 1. The van der Waals surface area contributed by atoms with Gasteiger partial charge < -0.3 is 10.1 Å². The molecule has 4 aliphatic carbocycles. The van der Waals surface area contributed by atoms with Crippen LogP contribution < -0.4 is 5.32 Å². The number of rotatable bonds is 6. The molecule has 0 aliphatic heterocycles. The van der Waals surface area contributed by atoms with Crippen LogP contribution in [0.4, 0.5) is 0 Å². The monoisotopic (exact) mass is 367 g/mol. The number of ether oxygens (including phenoxy) is 1. The average molecular weight is 367 g/mol. The molecular weight excluding hydrogens is 338 g/mol. The Morgan fingerprint density at radius 3 is 2.22 bits per heavy atom. The van der Waals surface area contributed by atoms with Crippen LogP contribution in [-0.4, -0.2) is 19.0 Å². The van der Waals surface area contributed by atoms with E-state index in [4.69, 9.17) is 0 Å². The first-order valence-electron chi connectivity index (χ1n) is 10.2. The molecule has 0 heterocycles. The zero-order chi connectivity index (χ0) is 18.9. The van der Waals surface area contributed by atoms with Crippen LogP contribution >= 0.6 is 0 Å². The van der Waals surface area contributed by atoms with Crippen LogP contribution in [0.5, 0.6) is 0 Å². The Hall–Kier alpha value is -2.10. The Labute approximate surface area is 161 Å². The van der Waals surface area contributed by atoms with Gasteiger partial charge in [0.15, 0.2) is 0 Å². The highest BCUT2D eigenvalue weighted by molar-refractivity contribution is 5.86. The first kappa shape index (κ1) is 18.3. The van der Waals surface area contributed by atoms with Gasteiger partial charge in [-0.15, -0.1) is 0 Å². The summed E-state index contributed by atoms with van der Waals surface area (Å²) in [6.07, 6.45) is 11.9. The van der Waals surface area contributed by atoms with E-state index in [0.717, 1.165) is 28.9 Å². The average Bonchev–Trinajstić information content (AvgIpc) is 2.63. The normalized spacial score (nSPS) is 31.2. The van der Waals surface area contributed by atoms with E-state index in [-0.39, 0.29) is 11.9 Å². The maximum atomic E-state index is 12.6. The minimum atomic E-state index is -0.365. The second-order valence-corrected chi connectivity index (χ2v) is 8.97. The van der Waals surface area contributed by atoms with Crippen molar-refractivity contribution in [3.63, 3.8) is 0 Å². The molecular formula is C23H29NO3. The van der Waals surface area contributed by atoms with Crippen molar-refractivity contribution in [3.8, 4) is 0 Å². The van der Waals surface area contributed by atoms with Crippen LogP contribution in [0.3, 0.4) is 0 Å². The number of esters is 1. The van der Waals surface area contributed by atoms with E-state index < -0.39 is 0 Å². The molecule has 4 fully saturated rings. The highest BCUT2D eigenvalue weighted by atomic mass is 16.5. The van der Waals surface area contributed by atoms with Gasteiger partial charge in [-0.25, -0.2) is 4.79 Å². The van der Waals surface area contributed by atoms with Crippen LogP contribution in [0.15, 0.2) is 30.3 Å². The van der Waals surface area contributed by atoms with Gasteiger partial charge in [-0.05, 0) is 78.9 Å². The third-order valence-electron chi connectivity index (χ3n) is 6.78. The lowest BCUT2D eigenvalue weighted by Gasteiger charge is -2.56. The molecule has 0 atom stereocenters. The summed E-state index contributed by atoms with van der Waals surface area (Å²) in [6.45, 7) is 0.562. The van der Waals surface area contributed by atoms with E-state index >= 15 is 0 Å². The summed E-state index contributed by atoms with van der Waals surface area (Å²) >= 11 is 0. The van der Waals surface area contributed by atoms with E-state index in [1.807, 2.05) is 24.3 Å². The van der Waals surface area contributed by atoms with Crippen molar-refractivity contribution in [3.05, 3.63) is 41.5 Å². The summed E-state index contributed by atoms with van der Waals surface area (Å²) in [5.41, 5.74) is 2.30. The zero-order valence-corrected chi connectivity index (χ0v) is 16.1. The molecule has 0 spiro atoms. The van der Waals surface area contributed by atoms with Gasteiger partial charge in [-0.1, -0.05) is 24.3 Å². The molecule has 0 unspecified atom stereocenters. The molecule has 1 amide bonds. The van der Waals surface area contributed by atoms with Crippen molar-refractivity contribution in [2.75, 3.05) is 7.11 Å². The fraction of sp³-hybridized carbons (Fsp3) is 0.565. The standard InChI is InChI=1S/C23H29NO3/c1-27-22(26)7-6-16-2-4-17(5-3-16)15-24-21(25)14-23-11-18-8-19(12-23)10-20(9-18)13-23/h2-7,18-20H,8-15H2,1H3,(H,24,25)/b7-6+. The molecule has 27 heavy (non-hydrogen) atoms.